The summed E-state index contributed by atoms with van der Waals surface area (Å²) in [6.45, 7) is 2.78. The molecular weight excluding hydrogens is 168 g/mol. The molecule has 4 N–H and O–H groups in total. The molecule has 0 saturated carbocycles. The van der Waals surface area contributed by atoms with Crippen LogP contribution >= 0.6 is 0 Å². The molecule has 0 saturated heterocycles. The minimum atomic E-state index is -0.392. The second-order valence-electron chi connectivity index (χ2n) is 2.91. The average molecular weight is 182 g/mol. The Morgan fingerprint density at radius 3 is 2.92 bits per heavy atom. The maximum Gasteiger partial charge on any atom is 0.219 e. The molecule has 0 aliphatic carbocycles. The number of rotatable bonds is 4. The van der Waals surface area contributed by atoms with Gasteiger partial charge < -0.3 is 11.5 Å². The zero-order valence-electron chi connectivity index (χ0n) is 7.60. The molecular formula is C8H14N4O. The van der Waals surface area contributed by atoms with Crippen molar-refractivity contribution in [2.45, 2.75) is 25.9 Å². The molecule has 0 fully saturated rings. The molecule has 5 heteroatoms. The SMILES string of the molecule is CCn1cc([C@H](N)CC(N)=O)cn1. The zero-order chi connectivity index (χ0) is 9.84. The lowest BCUT2D eigenvalue weighted by Gasteiger charge is -2.04. The van der Waals surface area contributed by atoms with Crippen molar-refractivity contribution >= 4 is 5.91 Å². The molecule has 1 amide bonds. The Morgan fingerprint density at radius 1 is 1.77 bits per heavy atom. The molecule has 1 aromatic rings. The fourth-order valence-electron chi connectivity index (χ4n) is 1.08. The standard InChI is InChI=1S/C8H14N4O/c1-2-12-5-6(4-11-12)7(9)3-8(10)13/h4-5,7H,2-3,9H2,1H3,(H2,10,13)/t7-/m1/s1. The molecule has 0 bridgehead atoms. The molecule has 0 radical (unpaired) electrons. The minimum absolute atomic E-state index is 0.162. The van der Waals surface area contributed by atoms with E-state index in [1.165, 1.54) is 0 Å². The van der Waals surface area contributed by atoms with Gasteiger partial charge in [0.1, 0.15) is 0 Å². The largest absolute Gasteiger partial charge is 0.370 e. The van der Waals surface area contributed by atoms with Crippen LogP contribution in [0.5, 0.6) is 0 Å². The van der Waals surface area contributed by atoms with E-state index in [1.54, 1.807) is 10.9 Å². The Kier molecular flexibility index (Phi) is 3.02. The first-order valence-corrected chi connectivity index (χ1v) is 4.19. The third-order valence-corrected chi connectivity index (χ3v) is 1.83. The van der Waals surface area contributed by atoms with Crippen LogP contribution in [0.25, 0.3) is 0 Å². The first kappa shape index (κ1) is 9.73. The molecule has 0 spiro atoms. The van der Waals surface area contributed by atoms with Crippen LogP contribution in [-0.4, -0.2) is 15.7 Å². The van der Waals surface area contributed by atoms with Crippen LogP contribution in [0.2, 0.25) is 0 Å². The molecule has 0 aromatic carbocycles. The maximum absolute atomic E-state index is 10.6. The van der Waals surface area contributed by atoms with Gasteiger partial charge in [0.05, 0.1) is 6.20 Å². The van der Waals surface area contributed by atoms with Crippen LogP contribution in [0.1, 0.15) is 24.9 Å². The second kappa shape index (κ2) is 4.04. The van der Waals surface area contributed by atoms with Crippen molar-refractivity contribution in [1.82, 2.24) is 9.78 Å². The number of primary amides is 1. The second-order valence-corrected chi connectivity index (χ2v) is 2.91. The van der Waals surface area contributed by atoms with Gasteiger partial charge in [-0.15, -0.1) is 0 Å². The lowest BCUT2D eigenvalue weighted by Crippen LogP contribution is -2.20. The van der Waals surface area contributed by atoms with Crippen LogP contribution in [0, 0.1) is 0 Å². The van der Waals surface area contributed by atoms with Gasteiger partial charge >= 0.3 is 0 Å². The Morgan fingerprint density at radius 2 is 2.46 bits per heavy atom. The van der Waals surface area contributed by atoms with Crippen molar-refractivity contribution in [1.29, 1.82) is 0 Å². The van der Waals surface area contributed by atoms with Gasteiger partial charge in [0.15, 0.2) is 0 Å². The number of aromatic nitrogens is 2. The average Bonchev–Trinajstić information content (AvgIpc) is 2.50. The van der Waals surface area contributed by atoms with Gasteiger partial charge in [-0.1, -0.05) is 0 Å². The van der Waals surface area contributed by atoms with Crippen molar-refractivity contribution < 1.29 is 4.79 Å². The van der Waals surface area contributed by atoms with E-state index in [4.69, 9.17) is 11.5 Å². The number of carbonyl (C=O) groups excluding carboxylic acids is 1. The van der Waals surface area contributed by atoms with E-state index in [-0.39, 0.29) is 12.5 Å². The summed E-state index contributed by atoms with van der Waals surface area (Å²) in [5.74, 6) is -0.392. The third-order valence-electron chi connectivity index (χ3n) is 1.83. The summed E-state index contributed by atoms with van der Waals surface area (Å²) in [5, 5.41) is 4.05. The van der Waals surface area contributed by atoms with Crippen molar-refractivity contribution in [2.24, 2.45) is 11.5 Å². The number of carbonyl (C=O) groups is 1. The molecule has 0 unspecified atom stereocenters. The highest BCUT2D eigenvalue weighted by molar-refractivity contribution is 5.74. The van der Waals surface area contributed by atoms with E-state index in [2.05, 4.69) is 5.10 Å². The van der Waals surface area contributed by atoms with Crippen LogP contribution in [0.15, 0.2) is 12.4 Å². The van der Waals surface area contributed by atoms with E-state index >= 15 is 0 Å². The van der Waals surface area contributed by atoms with E-state index in [0.717, 1.165) is 12.1 Å². The summed E-state index contributed by atoms with van der Waals surface area (Å²) >= 11 is 0. The Balaban J connectivity index is 2.65. The smallest absolute Gasteiger partial charge is 0.219 e. The summed E-state index contributed by atoms with van der Waals surface area (Å²) in [6.07, 6.45) is 3.65. The minimum Gasteiger partial charge on any atom is -0.370 e. The molecule has 1 aromatic heterocycles. The van der Waals surface area contributed by atoms with Gasteiger partial charge in [0, 0.05) is 30.8 Å². The summed E-state index contributed by atoms with van der Waals surface area (Å²) in [4.78, 5) is 10.6. The molecule has 0 aliphatic rings. The van der Waals surface area contributed by atoms with E-state index in [0.29, 0.717) is 0 Å². The van der Waals surface area contributed by atoms with Crippen molar-refractivity contribution in [3.05, 3.63) is 18.0 Å². The fourth-order valence-corrected chi connectivity index (χ4v) is 1.08. The van der Waals surface area contributed by atoms with E-state index in [1.807, 2.05) is 13.1 Å². The van der Waals surface area contributed by atoms with Gasteiger partial charge in [0.2, 0.25) is 5.91 Å². The predicted molar refractivity (Wildman–Crippen MR) is 48.6 cm³/mol. The topological polar surface area (TPSA) is 86.9 Å². The summed E-state index contributed by atoms with van der Waals surface area (Å²) < 4.78 is 1.76. The highest BCUT2D eigenvalue weighted by Gasteiger charge is 2.10. The van der Waals surface area contributed by atoms with Crippen molar-refractivity contribution in [3.8, 4) is 0 Å². The zero-order valence-corrected chi connectivity index (χ0v) is 7.60. The third kappa shape index (κ3) is 2.55. The molecule has 5 nitrogen and oxygen atoms in total. The van der Waals surface area contributed by atoms with E-state index < -0.39 is 5.91 Å². The molecule has 1 rings (SSSR count). The maximum atomic E-state index is 10.6. The highest BCUT2D eigenvalue weighted by Crippen LogP contribution is 2.11. The predicted octanol–water partition coefficient (Wildman–Crippen LogP) is -0.222. The van der Waals surface area contributed by atoms with Gasteiger partial charge in [0.25, 0.3) is 0 Å². The number of hydrogen-bond donors (Lipinski definition) is 2. The van der Waals surface area contributed by atoms with Crippen LogP contribution < -0.4 is 11.5 Å². The number of nitrogens with two attached hydrogens (primary N) is 2. The van der Waals surface area contributed by atoms with Gasteiger partial charge in [-0.25, -0.2) is 0 Å². The Hall–Kier alpha value is -1.36. The lowest BCUT2D eigenvalue weighted by atomic mass is 10.1. The summed E-state index contributed by atoms with van der Waals surface area (Å²) in [5.41, 5.74) is 11.6. The Labute approximate surface area is 76.7 Å². The van der Waals surface area contributed by atoms with Crippen LogP contribution in [0.3, 0.4) is 0 Å². The highest BCUT2D eigenvalue weighted by atomic mass is 16.1. The molecule has 0 aliphatic heterocycles. The van der Waals surface area contributed by atoms with E-state index in [9.17, 15) is 4.79 Å². The molecule has 13 heavy (non-hydrogen) atoms. The summed E-state index contributed by atoms with van der Waals surface area (Å²) in [7, 11) is 0. The van der Waals surface area contributed by atoms with Gasteiger partial charge in [-0.2, -0.15) is 5.10 Å². The number of hydrogen-bond acceptors (Lipinski definition) is 3. The Bertz CT molecular complexity index is 294. The van der Waals surface area contributed by atoms with Crippen molar-refractivity contribution in [2.75, 3.05) is 0 Å². The normalized spacial score (nSPS) is 12.8. The van der Waals surface area contributed by atoms with Crippen LogP contribution in [-0.2, 0) is 11.3 Å². The lowest BCUT2D eigenvalue weighted by molar-refractivity contribution is -0.118. The quantitative estimate of drug-likeness (QED) is 0.674. The van der Waals surface area contributed by atoms with Crippen LogP contribution in [0.4, 0.5) is 0 Å². The molecule has 1 atom stereocenters. The monoisotopic (exact) mass is 182 g/mol. The van der Waals surface area contributed by atoms with Crippen molar-refractivity contribution in [3.63, 3.8) is 0 Å². The molecule has 72 valence electrons. The number of amides is 1. The number of nitrogens with zero attached hydrogens (tertiary/aromatic N) is 2. The summed E-state index contributed by atoms with van der Waals surface area (Å²) in [6, 6.07) is -0.335. The van der Waals surface area contributed by atoms with Gasteiger partial charge in [-0.05, 0) is 6.92 Å². The molecule has 1 heterocycles. The number of aryl methyl sites for hydroxylation is 1. The fraction of sp³-hybridized carbons (Fsp3) is 0.500. The first-order valence-electron chi connectivity index (χ1n) is 4.19. The first-order chi connectivity index (χ1) is 6.13. The van der Waals surface area contributed by atoms with Gasteiger partial charge in [-0.3, -0.25) is 9.48 Å².